The van der Waals surface area contributed by atoms with Crippen LogP contribution in [0.2, 0.25) is 0 Å². The van der Waals surface area contributed by atoms with E-state index in [4.69, 9.17) is 0 Å². The Morgan fingerprint density at radius 1 is 0.867 bits per heavy atom. The van der Waals surface area contributed by atoms with Crippen LogP contribution in [0.4, 0.5) is 0 Å². The highest BCUT2D eigenvalue weighted by molar-refractivity contribution is 5.21. The van der Waals surface area contributed by atoms with Crippen molar-refractivity contribution in [2.24, 2.45) is 0 Å². The van der Waals surface area contributed by atoms with Gasteiger partial charge in [0, 0.05) is 0 Å². The molecule has 0 aliphatic carbocycles. The molecule has 0 heteroatoms. The second-order valence-electron chi connectivity index (χ2n) is 4.36. The van der Waals surface area contributed by atoms with Crippen LogP contribution in [0.25, 0.3) is 0 Å². The zero-order valence-electron chi connectivity index (χ0n) is 9.97. The monoisotopic (exact) mass is 203 g/mol. The van der Waals surface area contributed by atoms with E-state index in [-0.39, 0.29) is 0 Å². The molecule has 0 spiro atoms. The number of benzene rings is 1. The molecule has 0 saturated heterocycles. The Bertz CT molecular complexity index is 245. The van der Waals surface area contributed by atoms with Crippen LogP contribution < -0.4 is 0 Å². The molecule has 0 aliphatic rings. The van der Waals surface area contributed by atoms with Crippen molar-refractivity contribution in [3.05, 3.63) is 42.3 Å². The van der Waals surface area contributed by atoms with E-state index in [1.165, 1.54) is 49.7 Å². The van der Waals surface area contributed by atoms with E-state index in [2.05, 4.69) is 38.1 Å². The molecule has 83 valence electrons. The summed E-state index contributed by atoms with van der Waals surface area (Å²) in [7, 11) is 0. The van der Waals surface area contributed by atoms with Crippen molar-refractivity contribution in [3.8, 4) is 0 Å². The summed E-state index contributed by atoms with van der Waals surface area (Å²) < 4.78 is 0. The van der Waals surface area contributed by atoms with Gasteiger partial charge in [-0.05, 0) is 25.3 Å². The van der Waals surface area contributed by atoms with Crippen LogP contribution in [0.15, 0.2) is 24.3 Å². The first-order valence-corrected chi connectivity index (χ1v) is 6.17. The number of unbranched alkanes of at least 4 members (excludes halogenated alkanes) is 5. The van der Waals surface area contributed by atoms with Gasteiger partial charge in [-0.3, -0.25) is 0 Å². The Morgan fingerprint density at radius 2 is 1.47 bits per heavy atom. The van der Waals surface area contributed by atoms with E-state index >= 15 is 0 Å². The van der Waals surface area contributed by atoms with Crippen LogP contribution in [-0.2, 0) is 6.42 Å². The molecule has 0 bridgehead atoms. The molecule has 0 heterocycles. The summed E-state index contributed by atoms with van der Waals surface area (Å²) in [5.74, 6) is 0. The minimum absolute atomic E-state index is 1.10. The summed E-state index contributed by atoms with van der Waals surface area (Å²) >= 11 is 0. The molecule has 0 amide bonds. The fourth-order valence-corrected chi connectivity index (χ4v) is 1.79. The van der Waals surface area contributed by atoms with Gasteiger partial charge in [0.25, 0.3) is 0 Å². The third-order valence-corrected chi connectivity index (χ3v) is 2.84. The summed E-state index contributed by atoms with van der Waals surface area (Å²) in [6, 6.07) is 8.92. The maximum atomic E-state index is 3.86. The molecule has 0 fully saturated rings. The Balaban J connectivity index is 2.07. The van der Waals surface area contributed by atoms with Gasteiger partial charge in [-0.15, -0.1) is 0 Å². The third-order valence-electron chi connectivity index (χ3n) is 2.84. The minimum Gasteiger partial charge on any atom is -0.0591 e. The van der Waals surface area contributed by atoms with Crippen LogP contribution in [0.5, 0.6) is 0 Å². The maximum Gasteiger partial charge on any atom is -0.0279 e. The van der Waals surface area contributed by atoms with Crippen molar-refractivity contribution in [1.82, 2.24) is 0 Å². The normalized spacial score (nSPS) is 10.5. The fourth-order valence-electron chi connectivity index (χ4n) is 1.79. The molecule has 0 nitrogen and oxygen atoms in total. The Morgan fingerprint density at radius 3 is 2.13 bits per heavy atom. The van der Waals surface area contributed by atoms with Gasteiger partial charge in [0.1, 0.15) is 0 Å². The fraction of sp³-hybridized carbons (Fsp3) is 0.533. The highest BCUT2D eigenvalue weighted by atomic mass is 14.0. The largest absolute Gasteiger partial charge is 0.0591 e. The molecule has 1 rings (SSSR count). The van der Waals surface area contributed by atoms with Crippen molar-refractivity contribution < 1.29 is 0 Å². The van der Waals surface area contributed by atoms with E-state index in [9.17, 15) is 0 Å². The van der Waals surface area contributed by atoms with Crippen LogP contribution in [0.1, 0.15) is 49.7 Å². The van der Waals surface area contributed by atoms with E-state index in [1.54, 1.807) is 0 Å². The zero-order chi connectivity index (χ0) is 10.9. The van der Waals surface area contributed by atoms with E-state index in [1.807, 2.05) is 0 Å². The number of aryl methyl sites for hydroxylation is 2. The SMILES string of the molecule is [CH2]CCCCCCCc1ccc(C)cc1. The molecule has 0 aromatic heterocycles. The molecule has 1 aromatic carbocycles. The number of hydrogen-bond donors (Lipinski definition) is 0. The molecule has 0 N–H and O–H groups in total. The van der Waals surface area contributed by atoms with Crippen LogP contribution in [0.3, 0.4) is 0 Å². The van der Waals surface area contributed by atoms with Crippen molar-refractivity contribution in [1.29, 1.82) is 0 Å². The van der Waals surface area contributed by atoms with Crippen LogP contribution in [-0.4, -0.2) is 0 Å². The molecule has 0 aliphatic heterocycles. The van der Waals surface area contributed by atoms with Crippen molar-refractivity contribution in [3.63, 3.8) is 0 Å². The Kier molecular flexibility index (Phi) is 6.15. The quantitative estimate of drug-likeness (QED) is 0.563. The lowest BCUT2D eigenvalue weighted by Gasteiger charge is -2.02. The van der Waals surface area contributed by atoms with Gasteiger partial charge in [0.05, 0.1) is 0 Å². The van der Waals surface area contributed by atoms with Gasteiger partial charge in [0.15, 0.2) is 0 Å². The smallest absolute Gasteiger partial charge is 0.0279 e. The maximum absolute atomic E-state index is 3.86. The van der Waals surface area contributed by atoms with Gasteiger partial charge < -0.3 is 0 Å². The van der Waals surface area contributed by atoms with Crippen molar-refractivity contribution in [2.75, 3.05) is 0 Å². The molecule has 1 aromatic rings. The highest BCUT2D eigenvalue weighted by Gasteiger charge is 1.93. The predicted molar refractivity (Wildman–Crippen MR) is 67.9 cm³/mol. The summed E-state index contributed by atoms with van der Waals surface area (Å²) in [6.07, 6.45) is 9.07. The van der Waals surface area contributed by atoms with Crippen LogP contribution >= 0.6 is 0 Å². The van der Waals surface area contributed by atoms with Gasteiger partial charge >= 0.3 is 0 Å². The number of rotatable bonds is 7. The molecule has 1 radical (unpaired) electrons. The molecular weight excluding hydrogens is 180 g/mol. The van der Waals surface area contributed by atoms with Gasteiger partial charge in [-0.2, -0.15) is 0 Å². The Hall–Kier alpha value is -0.780. The lowest BCUT2D eigenvalue weighted by molar-refractivity contribution is 0.617. The second kappa shape index (κ2) is 7.50. The van der Waals surface area contributed by atoms with E-state index in [0.29, 0.717) is 0 Å². The van der Waals surface area contributed by atoms with Crippen molar-refractivity contribution in [2.45, 2.75) is 51.9 Å². The lowest BCUT2D eigenvalue weighted by atomic mass is 10.0. The second-order valence-corrected chi connectivity index (χ2v) is 4.36. The van der Waals surface area contributed by atoms with E-state index < -0.39 is 0 Å². The van der Waals surface area contributed by atoms with E-state index in [0.717, 1.165) is 6.42 Å². The highest BCUT2D eigenvalue weighted by Crippen LogP contribution is 2.10. The summed E-state index contributed by atoms with van der Waals surface area (Å²) in [5, 5.41) is 0. The first kappa shape index (κ1) is 12.3. The average Bonchev–Trinajstić information content (AvgIpc) is 2.26. The average molecular weight is 203 g/mol. The zero-order valence-corrected chi connectivity index (χ0v) is 9.97. The molecule has 0 atom stereocenters. The Labute approximate surface area is 94.7 Å². The standard InChI is InChI=1S/C15H23/c1-3-4-5-6-7-8-9-15-12-10-14(2)11-13-15/h10-13H,1,3-9H2,2H3. The molecular formula is C15H23. The predicted octanol–water partition coefficient (Wildman–Crippen LogP) is 4.71. The third kappa shape index (κ3) is 5.61. The number of hydrogen-bond acceptors (Lipinski definition) is 0. The first-order valence-electron chi connectivity index (χ1n) is 6.17. The minimum atomic E-state index is 1.10. The molecule has 0 unspecified atom stereocenters. The first-order chi connectivity index (χ1) is 7.33. The van der Waals surface area contributed by atoms with Gasteiger partial charge in [-0.25, -0.2) is 0 Å². The topological polar surface area (TPSA) is 0 Å². The molecule has 0 saturated carbocycles. The summed E-state index contributed by atoms with van der Waals surface area (Å²) in [5.41, 5.74) is 2.84. The summed E-state index contributed by atoms with van der Waals surface area (Å²) in [6.45, 7) is 6.00. The lowest BCUT2D eigenvalue weighted by Crippen LogP contribution is -1.86. The molecule has 15 heavy (non-hydrogen) atoms. The summed E-state index contributed by atoms with van der Waals surface area (Å²) in [4.78, 5) is 0. The van der Waals surface area contributed by atoms with Gasteiger partial charge in [0.2, 0.25) is 0 Å². The van der Waals surface area contributed by atoms with Crippen LogP contribution in [0, 0.1) is 13.8 Å². The van der Waals surface area contributed by atoms with Crippen molar-refractivity contribution >= 4 is 0 Å². The van der Waals surface area contributed by atoms with Gasteiger partial charge in [-0.1, -0.05) is 68.9 Å².